The molecule has 0 unspecified atom stereocenters. The number of rotatable bonds is 6. The second-order valence-corrected chi connectivity index (χ2v) is 8.77. The van der Waals surface area contributed by atoms with E-state index in [1.807, 2.05) is 37.3 Å². The van der Waals surface area contributed by atoms with E-state index >= 15 is 0 Å². The van der Waals surface area contributed by atoms with Crippen LogP contribution in [0.4, 0.5) is 5.13 Å². The Bertz CT molecular complexity index is 1140. The number of carbonyl (C=O) groups is 1. The first-order valence-corrected chi connectivity index (χ1v) is 10.9. The first kappa shape index (κ1) is 19.6. The predicted molar refractivity (Wildman–Crippen MR) is 117 cm³/mol. The van der Waals surface area contributed by atoms with Gasteiger partial charge in [0.2, 0.25) is 5.13 Å². The molecule has 4 rings (SSSR count). The SMILES string of the molecule is Cc1c(C(=O)Nc2nnc(SCc3ccccc3)s2)cnn1-c1cccc(Cl)c1. The van der Waals surface area contributed by atoms with E-state index in [1.54, 1.807) is 28.6 Å². The lowest BCUT2D eigenvalue weighted by molar-refractivity contribution is 0.102. The highest BCUT2D eigenvalue weighted by molar-refractivity contribution is 8.00. The molecule has 0 spiro atoms. The van der Waals surface area contributed by atoms with Gasteiger partial charge in [-0.1, -0.05) is 71.1 Å². The van der Waals surface area contributed by atoms with Gasteiger partial charge in [-0.25, -0.2) is 4.68 Å². The van der Waals surface area contributed by atoms with Gasteiger partial charge >= 0.3 is 0 Å². The molecule has 0 aliphatic rings. The fourth-order valence-electron chi connectivity index (χ4n) is 2.70. The van der Waals surface area contributed by atoms with Crippen molar-refractivity contribution in [3.63, 3.8) is 0 Å². The van der Waals surface area contributed by atoms with Crippen molar-refractivity contribution in [3.05, 3.63) is 82.6 Å². The molecule has 0 atom stereocenters. The molecule has 4 aromatic rings. The smallest absolute Gasteiger partial charge is 0.260 e. The molecular formula is C20H16ClN5OS2. The molecule has 9 heteroatoms. The number of nitrogens with zero attached hydrogens (tertiary/aromatic N) is 4. The molecule has 1 N–H and O–H groups in total. The highest BCUT2D eigenvalue weighted by Gasteiger charge is 2.17. The minimum Gasteiger partial charge on any atom is -0.296 e. The highest BCUT2D eigenvalue weighted by atomic mass is 35.5. The molecule has 0 saturated carbocycles. The van der Waals surface area contributed by atoms with Gasteiger partial charge in [0, 0.05) is 10.8 Å². The number of anilines is 1. The van der Waals surface area contributed by atoms with Crippen molar-refractivity contribution in [2.75, 3.05) is 5.32 Å². The summed E-state index contributed by atoms with van der Waals surface area (Å²) in [4.78, 5) is 12.7. The maximum atomic E-state index is 12.7. The van der Waals surface area contributed by atoms with E-state index in [9.17, 15) is 4.79 Å². The maximum Gasteiger partial charge on any atom is 0.260 e. The monoisotopic (exact) mass is 441 g/mol. The Kier molecular flexibility index (Phi) is 5.94. The minimum atomic E-state index is -0.272. The molecule has 0 saturated heterocycles. The van der Waals surface area contributed by atoms with Crippen LogP contribution in [0.5, 0.6) is 0 Å². The van der Waals surface area contributed by atoms with Crippen molar-refractivity contribution in [1.82, 2.24) is 20.0 Å². The van der Waals surface area contributed by atoms with E-state index in [0.29, 0.717) is 21.4 Å². The van der Waals surface area contributed by atoms with Crippen molar-refractivity contribution in [3.8, 4) is 5.69 Å². The van der Waals surface area contributed by atoms with E-state index in [-0.39, 0.29) is 5.91 Å². The molecule has 2 aromatic heterocycles. The van der Waals surface area contributed by atoms with Crippen molar-refractivity contribution in [1.29, 1.82) is 0 Å². The van der Waals surface area contributed by atoms with Crippen LogP contribution in [-0.2, 0) is 5.75 Å². The standard InChI is InChI=1S/C20H16ClN5OS2/c1-13-17(11-22-26(13)16-9-5-8-15(21)10-16)18(27)23-19-24-25-20(29-19)28-12-14-6-3-2-4-7-14/h2-11H,12H2,1H3,(H,23,24,27). The summed E-state index contributed by atoms with van der Waals surface area (Å²) in [5.41, 5.74) is 3.19. The van der Waals surface area contributed by atoms with Crippen LogP contribution in [-0.4, -0.2) is 25.9 Å². The van der Waals surface area contributed by atoms with Gasteiger partial charge in [0.15, 0.2) is 4.34 Å². The van der Waals surface area contributed by atoms with Gasteiger partial charge in [-0.15, -0.1) is 10.2 Å². The Balaban J connectivity index is 1.43. The average Bonchev–Trinajstić information content (AvgIpc) is 3.33. The van der Waals surface area contributed by atoms with Crippen molar-refractivity contribution >= 4 is 45.7 Å². The molecule has 2 heterocycles. The zero-order valence-corrected chi connectivity index (χ0v) is 17.8. The summed E-state index contributed by atoms with van der Waals surface area (Å²) in [6, 6.07) is 17.5. The van der Waals surface area contributed by atoms with Gasteiger partial charge < -0.3 is 0 Å². The topological polar surface area (TPSA) is 72.7 Å². The maximum absolute atomic E-state index is 12.7. The first-order valence-electron chi connectivity index (χ1n) is 8.72. The van der Waals surface area contributed by atoms with E-state index in [1.165, 1.54) is 23.1 Å². The van der Waals surface area contributed by atoms with Gasteiger partial charge in [-0.05, 0) is 30.7 Å². The van der Waals surface area contributed by atoms with E-state index in [2.05, 4.69) is 32.7 Å². The zero-order valence-electron chi connectivity index (χ0n) is 15.4. The summed E-state index contributed by atoms with van der Waals surface area (Å²) >= 11 is 8.99. The zero-order chi connectivity index (χ0) is 20.2. The fourth-order valence-corrected chi connectivity index (χ4v) is 4.59. The van der Waals surface area contributed by atoms with Crippen LogP contribution < -0.4 is 5.32 Å². The molecule has 1 amide bonds. The predicted octanol–water partition coefficient (Wildman–Crippen LogP) is 5.23. The van der Waals surface area contributed by atoms with Crippen LogP contribution in [0.15, 0.2) is 65.1 Å². The third-order valence-corrected chi connectivity index (χ3v) is 6.42. The number of benzene rings is 2. The number of halogens is 1. The minimum absolute atomic E-state index is 0.272. The van der Waals surface area contributed by atoms with E-state index in [4.69, 9.17) is 11.6 Å². The number of thioether (sulfide) groups is 1. The van der Waals surface area contributed by atoms with Crippen molar-refractivity contribution in [2.45, 2.75) is 17.0 Å². The first-order chi connectivity index (χ1) is 14.1. The summed E-state index contributed by atoms with van der Waals surface area (Å²) in [7, 11) is 0. The number of aromatic nitrogens is 4. The van der Waals surface area contributed by atoms with Crippen LogP contribution in [0.1, 0.15) is 21.6 Å². The Morgan fingerprint density at radius 3 is 2.79 bits per heavy atom. The summed E-state index contributed by atoms with van der Waals surface area (Å²) < 4.78 is 2.48. The number of amides is 1. The summed E-state index contributed by atoms with van der Waals surface area (Å²) in [5, 5.41) is 16.4. The third-order valence-electron chi connectivity index (χ3n) is 4.14. The van der Waals surface area contributed by atoms with E-state index in [0.717, 1.165) is 15.8 Å². The molecule has 0 fully saturated rings. The quantitative estimate of drug-likeness (QED) is 0.327. The largest absolute Gasteiger partial charge is 0.296 e. The molecule has 0 radical (unpaired) electrons. The molecular weight excluding hydrogens is 426 g/mol. The molecule has 146 valence electrons. The van der Waals surface area contributed by atoms with Gasteiger partial charge in [-0.3, -0.25) is 10.1 Å². The average molecular weight is 442 g/mol. The van der Waals surface area contributed by atoms with Crippen LogP contribution in [0.2, 0.25) is 5.02 Å². The summed E-state index contributed by atoms with van der Waals surface area (Å²) in [6.07, 6.45) is 1.54. The lowest BCUT2D eigenvalue weighted by Gasteiger charge is -2.05. The van der Waals surface area contributed by atoms with Gasteiger partial charge in [-0.2, -0.15) is 5.10 Å². The Hall–Kier alpha value is -2.68. The highest BCUT2D eigenvalue weighted by Crippen LogP contribution is 2.28. The molecule has 0 aliphatic carbocycles. The normalized spacial score (nSPS) is 10.8. The Labute approximate surface area is 180 Å². The number of hydrogen-bond acceptors (Lipinski definition) is 6. The van der Waals surface area contributed by atoms with Crippen LogP contribution in [0.3, 0.4) is 0 Å². The molecule has 6 nitrogen and oxygen atoms in total. The molecule has 2 aromatic carbocycles. The molecule has 29 heavy (non-hydrogen) atoms. The molecule has 0 bridgehead atoms. The second kappa shape index (κ2) is 8.77. The number of nitrogens with one attached hydrogen (secondary N) is 1. The van der Waals surface area contributed by atoms with Crippen LogP contribution >= 0.6 is 34.7 Å². The fraction of sp³-hybridized carbons (Fsp3) is 0.100. The Morgan fingerprint density at radius 1 is 1.17 bits per heavy atom. The second-order valence-electron chi connectivity index (χ2n) is 6.14. The summed E-state index contributed by atoms with van der Waals surface area (Å²) in [5.74, 6) is 0.529. The lowest BCUT2D eigenvalue weighted by atomic mass is 10.2. The van der Waals surface area contributed by atoms with Crippen molar-refractivity contribution in [2.24, 2.45) is 0 Å². The van der Waals surface area contributed by atoms with Crippen LogP contribution in [0, 0.1) is 6.92 Å². The number of hydrogen-bond donors (Lipinski definition) is 1. The van der Waals surface area contributed by atoms with E-state index < -0.39 is 0 Å². The Morgan fingerprint density at radius 2 is 2.00 bits per heavy atom. The van der Waals surface area contributed by atoms with Gasteiger partial charge in [0.1, 0.15) is 0 Å². The number of carbonyl (C=O) groups excluding carboxylic acids is 1. The van der Waals surface area contributed by atoms with Gasteiger partial charge in [0.25, 0.3) is 5.91 Å². The van der Waals surface area contributed by atoms with Crippen LogP contribution in [0.25, 0.3) is 5.69 Å². The third kappa shape index (κ3) is 4.67. The lowest BCUT2D eigenvalue weighted by Crippen LogP contribution is -2.13. The van der Waals surface area contributed by atoms with Gasteiger partial charge in [0.05, 0.1) is 23.1 Å². The summed E-state index contributed by atoms with van der Waals surface area (Å²) in [6.45, 7) is 1.84. The molecule has 0 aliphatic heterocycles. The van der Waals surface area contributed by atoms with Crippen molar-refractivity contribution < 1.29 is 4.79 Å².